The lowest BCUT2D eigenvalue weighted by Crippen LogP contribution is -2.45. The lowest BCUT2D eigenvalue weighted by molar-refractivity contribution is 0.102. The topological polar surface area (TPSA) is 90.5 Å². The third-order valence-electron chi connectivity index (χ3n) is 6.41. The number of carbonyl (C=O) groups is 1. The number of benzene rings is 2. The summed E-state index contributed by atoms with van der Waals surface area (Å²) in [6.07, 6.45) is 4.66. The van der Waals surface area contributed by atoms with E-state index in [4.69, 9.17) is 4.74 Å². The molecule has 0 atom stereocenters. The van der Waals surface area contributed by atoms with Gasteiger partial charge in [0, 0.05) is 47.9 Å². The van der Waals surface area contributed by atoms with Gasteiger partial charge in [0.2, 0.25) is 0 Å². The second-order valence-electron chi connectivity index (χ2n) is 8.30. The first-order chi connectivity index (χ1) is 15.2. The molecule has 1 aromatic heterocycles. The fourth-order valence-corrected chi connectivity index (χ4v) is 4.67. The van der Waals surface area contributed by atoms with E-state index in [2.05, 4.69) is 20.4 Å². The molecule has 0 radical (unpaired) electrons. The predicted molar refractivity (Wildman–Crippen MR) is 120 cm³/mol. The average molecular weight is 418 g/mol. The van der Waals surface area contributed by atoms with Crippen LogP contribution >= 0.6 is 0 Å². The minimum Gasteiger partial charge on any atom is -0.497 e. The van der Waals surface area contributed by atoms with E-state index < -0.39 is 0 Å². The number of carbonyl (C=O) groups excluding carboxylic acids is 1. The molecule has 3 aromatic rings. The van der Waals surface area contributed by atoms with Crippen LogP contribution < -0.4 is 15.0 Å². The molecule has 31 heavy (non-hydrogen) atoms. The molecule has 1 amide bonds. The Morgan fingerprint density at radius 3 is 2.74 bits per heavy atom. The Kier molecular flexibility index (Phi) is 5.11. The lowest BCUT2D eigenvalue weighted by Gasteiger charge is -2.42. The van der Waals surface area contributed by atoms with Crippen molar-refractivity contribution in [1.29, 1.82) is 0 Å². The molecule has 0 saturated heterocycles. The number of methoxy groups -OCH3 is 1. The largest absolute Gasteiger partial charge is 0.497 e. The predicted octanol–water partition coefficient (Wildman–Crippen LogP) is 3.47. The number of amides is 1. The maximum atomic E-state index is 13.0. The van der Waals surface area contributed by atoms with Crippen LogP contribution in [0.3, 0.4) is 0 Å². The van der Waals surface area contributed by atoms with Gasteiger partial charge in [-0.15, -0.1) is 0 Å². The first-order valence-corrected chi connectivity index (χ1v) is 10.7. The summed E-state index contributed by atoms with van der Waals surface area (Å²) in [5, 5.41) is 19.6. The number of hydrogen-bond acceptors (Lipinski definition) is 5. The van der Waals surface area contributed by atoms with Gasteiger partial charge in [-0.3, -0.25) is 9.89 Å². The van der Waals surface area contributed by atoms with Crippen LogP contribution in [0.1, 0.15) is 28.8 Å². The highest BCUT2D eigenvalue weighted by atomic mass is 16.5. The Morgan fingerprint density at radius 1 is 1.26 bits per heavy atom. The van der Waals surface area contributed by atoms with E-state index in [-0.39, 0.29) is 12.5 Å². The summed E-state index contributed by atoms with van der Waals surface area (Å²) in [6.45, 7) is 1.19. The second kappa shape index (κ2) is 8.07. The SMILES string of the molecule is COc1ccc(NC(=O)c2cc3c(c(-c4ccn[nH]4)c2)N(C2CC(CO)C2)CC3)cc1. The van der Waals surface area contributed by atoms with Crippen molar-refractivity contribution in [2.24, 2.45) is 5.92 Å². The van der Waals surface area contributed by atoms with Crippen molar-refractivity contribution in [2.75, 3.05) is 30.5 Å². The number of anilines is 2. The molecule has 2 heterocycles. The van der Waals surface area contributed by atoms with Gasteiger partial charge in [-0.05, 0) is 73.2 Å². The van der Waals surface area contributed by atoms with Gasteiger partial charge >= 0.3 is 0 Å². The van der Waals surface area contributed by atoms with Gasteiger partial charge < -0.3 is 20.1 Å². The minimum atomic E-state index is -0.142. The third-order valence-corrected chi connectivity index (χ3v) is 6.41. The maximum absolute atomic E-state index is 13.0. The molecule has 0 unspecified atom stereocenters. The van der Waals surface area contributed by atoms with Gasteiger partial charge in [-0.1, -0.05) is 0 Å². The number of aliphatic hydroxyl groups is 1. The number of aliphatic hydroxyl groups excluding tert-OH is 1. The molecule has 1 fully saturated rings. The van der Waals surface area contributed by atoms with Crippen LogP contribution in [0.5, 0.6) is 5.75 Å². The molecule has 2 aliphatic rings. The molecule has 3 N–H and O–H groups in total. The van der Waals surface area contributed by atoms with Crippen LogP contribution in [0.25, 0.3) is 11.3 Å². The van der Waals surface area contributed by atoms with Crippen molar-refractivity contribution in [1.82, 2.24) is 10.2 Å². The summed E-state index contributed by atoms with van der Waals surface area (Å²) < 4.78 is 5.18. The van der Waals surface area contributed by atoms with Gasteiger partial charge in [0.25, 0.3) is 5.91 Å². The quantitative estimate of drug-likeness (QED) is 0.570. The second-order valence-corrected chi connectivity index (χ2v) is 8.30. The Labute approximate surface area is 181 Å². The number of ether oxygens (including phenoxy) is 1. The summed E-state index contributed by atoms with van der Waals surface area (Å²) >= 11 is 0. The van der Waals surface area contributed by atoms with Crippen LogP contribution in [0.15, 0.2) is 48.7 Å². The normalized spacial score (nSPS) is 19.6. The molecule has 160 valence electrons. The number of aromatic amines is 1. The Morgan fingerprint density at radius 2 is 2.06 bits per heavy atom. The Bertz CT molecular complexity index is 1070. The summed E-state index contributed by atoms with van der Waals surface area (Å²) in [5.74, 6) is 1.01. The maximum Gasteiger partial charge on any atom is 0.255 e. The van der Waals surface area contributed by atoms with E-state index in [0.717, 1.165) is 48.5 Å². The van der Waals surface area contributed by atoms with Gasteiger partial charge in [0.1, 0.15) is 5.75 Å². The zero-order chi connectivity index (χ0) is 21.4. The van der Waals surface area contributed by atoms with Crippen LogP contribution in [0, 0.1) is 5.92 Å². The highest BCUT2D eigenvalue weighted by molar-refractivity contribution is 6.06. The van der Waals surface area contributed by atoms with Crippen LogP contribution in [0.4, 0.5) is 11.4 Å². The van der Waals surface area contributed by atoms with E-state index in [0.29, 0.717) is 17.5 Å². The van der Waals surface area contributed by atoms with Crippen molar-refractivity contribution in [3.8, 4) is 17.0 Å². The molecule has 0 spiro atoms. The van der Waals surface area contributed by atoms with Gasteiger partial charge in [-0.25, -0.2) is 0 Å². The first kappa shape index (κ1) is 19.6. The average Bonchev–Trinajstić information content (AvgIpc) is 3.43. The molecular formula is C24H26N4O3. The van der Waals surface area contributed by atoms with Crippen molar-refractivity contribution in [3.05, 3.63) is 59.8 Å². The molecule has 5 rings (SSSR count). The molecule has 7 heteroatoms. The van der Waals surface area contributed by atoms with E-state index in [1.807, 2.05) is 42.5 Å². The molecule has 1 aliphatic heterocycles. The zero-order valence-corrected chi connectivity index (χ0v) is 17.5. The fraction of sp³-hybridized carbons (Fsp3) is 0.333. The van der Waals surface area contributed by atoms with E-state index in [1.54, 1.807) is 13.3 Å². The number of rotatable bonds is 6. The lowest BCUT2D eigenvalue weighted by atomic mass is 9.79. The standard InChI is InChI=1S/C24H26N4O3/c1-31-20-4-2-18(3-5-20)26-24(30)17-12-16-7-9-28(19-10-15(11-19)14-29)23(16)21(13-17)22-6-8-25-27-22/h2-6,8,12-13,15,19,29H,7,9-11,14H2,1H3,(H,25,27)(H,26,30). The number of hydrogen-bond donors (Lipinski definition) is 3. The number of aromatic nitrogens is 2. The van der Waals surface area contributed by atoms with Crippen molar-refractivity contribution < 1.29 is 14.6 Å². The van der Waals surface area contributed by atoms with Gasteiger partial charge in [0.05, 0.1) is 12.8 Å². The minimum absolute atomic E-state index is 0.142. The molecule has 7 nitrogen and oxygen atoms in total. The fourth-order valence-electron chi connectivity index (χ4n) is 4.67. The number of H-pyrrole nitrogens is 1. The summed E-state index contributed by atoms with van der Waals surface area (Å²) in [4.78, 5) is 15.5. The smallest absolute Gasteiger partial charge is 0.255 e. The summed E-state index contributed by atoms with van der Waals surface area (Å²) in [7, 11) is 1.62. The van der Waals surface area contributed by atoms with Crippen molar-refractivity contribution >= 4 is 17.3 Å². The van der Waals surface area contributed by atoms with Crippen molar-refractivity contribution in [3.63, 3.8) is 0 Å². The Balaban J connectivity index is 1.46. The van der Waals surface area contributed by atoms with E-state index >= 15 is 0 Å². The number of nitrogens with zero attached hydrogens (tertiary/aromatic N) is 2. The van der Waals surface area contributed by atoms with Crippen LogP contribution in [-0.4, -0.2) is 47.5 Å². The summed E-state index contributed by atoms with van der Waals surface area (Å²) in [6, 6.07) is 13.6. The van der Waals surface area contributed by atoms with Crippen LogP contribution in [0.2, 0.25) is 0 Å². The highest BCUT2D eigenvalue weighted by Crippen LogP contribution is 2.44. The van der Waals surface area contributed by atoms with Crippen molar-refractivity contribution in [2.45, 2.75) is 25.3 Å². The van der Waals surface area contributed by atoms with E-state index in [9.17, 15) is 9.90 Å². The first-order valence-electron chi connectivity index (χ1n) is 10.7. The Hall–Kier alpha value is -3.32. The molecular weight excluding hydrogens is 392 g/mol. The molecule has 2 aromatic carbocycles. The highest BCUT2D eigenvalue weighted by Gasteiger charge is 2.37. The zero-order valence-electron chi connectivity index (χ0n) is 17.5. The van der Waals surface area contributed by atoms with Crippen LogP contribution in [-0.2, 0) is 6.42 Å². The van der Waals surface area contributed by atoms with E-state index in [1.165, 1.54) is 11.3 Å². The summed E-state index contributed by atoms with van der Waals surface area (Å²) in [5.41, 5.74) is 5.62. The molecule has 1 aliphatic carbocycles. The molecule has 1 saturated carbocycles. The van der Waals surface area contributed by atoms with Gasteiger partial charge in [-0.2, -0.15) is 5.10 Å². The number of nitrogens with one attached hydrogen (secondary N) is 2. The third kappa shape index (κ3) is 3.65. The molecule has 0 bridgehead atoms. The van der Waals surface area contributed by atoms with Gasteiger partial charge in [0.15, 0.2) is 0 Å². The monoisotopic (exact) mass is 418 g/mol. The number of fused-ring (bicyclic) bond motifs is 1.